The monoisotopic (exact) mass is 604 g/mol. The Bertz CT molecular complexity index is 1030. The van der Waals surface area contributed by atoms with Crippen LogP contribution in [0.1, 0.15) is 146 Å². The summed E-state index contributed by atoms with van der Waals surface area (Å²) < 4.78 is 18.2. The number of fused-ring (bicyclic) bond motifs is 5. The summed E-state index contributed by atoms with van der Waals surface area (Å²) in [6, 6.07) is 0. The fraction of sp³-hybridized carbons (Fsp3) is 0.946. The maximum absolute atomic E-state index is 13.0. The van der Waals surface area contributed by atoms with Gasteiger partial charge in [-0.25, -0.2) is 0 Å². The molecule has 0 radical (unpaired) electrons. The first kappa shape index (κ1) is 34.7. The van der Waals surface area contributed by atoms with Crippen molar-refractivity contribution in [3.63, 3.8) is 0 Å². The van der Waals surface area contributed by atoms with Crippen molar-refractivity contribution in [2.75, 3.05) is 7.11 Å². The lowest BCUT2D eigenvalue weighted by Crippen LogP contribution is -2.67. The molecular formula is C37H64O6. The number of hydrogen-bond acceptors (Lipinski definition) is 6. The van der Waals surface area contributed by atoms with Crippen LogP contribution in [0.3, 0.4) is 0 Å². The van der Waals surface area contributed by atoms with E-state index < -0.39 is 5.60 Å². The lowest BCUT2D eigenvalue weighted by atomic mass is 9.35. The third kappa shape index (κ3) is 5.83. The predicted molar refractivity (Wildman–Crippen MR) is 170 cm³/mol. The molecular weight excluding hydrogens is 540 g/mol. The first-order chi connectivity index (χ1) is 19.8. The van der Waals surface area contributed by atoms with Crippen LogP contribution in [0.25, 0.3) is 0 Å². The van der Waals surface area contributed by atoms with E-state index in [-0.39, 0.29) is 63.2 Å². The van der Waals surface area contributed by atoms with Crippen LogP contribution in [0, 0.1) is 45.3 Å². The van der Waals surface area contributed by atoms with Crippen molar-refractivity contribution < 1.29 is 28.9 Å². The van der Waals surface area contributed by atoms with Crippen molar-refractivity contribution in [3.8, 4) is 0 Å². The summed E-state index contributed by atoms with van der Waals surface area (Å²) in [7, 11) is 1.76. The molecule has 0 spiro atoms. The molecule has 4 fully saturated rings. The highest BCUT2D eigenvalue weighted by Crippen LogP contribution is 2.76. The van der Waals surface area contributed by atoms with Gasteiger partial charge in [-0.1, -0.05) is 48.5 Å². The van der Waals surface area contributed by atoms with Crippen LogP contribution < -0.4 is 0 Å². The molecule has 0 heterocycles. The van der Waals surface area contributed by atoms with Gasteiger partial charge in [-0.2, -0.15) is 0 Å². The van der Waals surface area contributed by atoms with Crippen molar-refractivity contribution in [2.45, 2.75) is 170 Å². The minimum absolute atomic E-state index is 0.0429. The van der Waals surface area contributed by atoms with Crippen LogP contribution in [0.15, 0.2) is 0 Å². The smallest absolute Gasteiger partial charge is 0.305 e. The van der Waals surface area contributed by atoms with Gasteiger partial charge in [0.1, 0.15) is 12.2 Å². The van der Waals surface area contributed by atoms with Crippen LogP contribution in [0.4, 0.5) is 0 Å². The summed E-state index contributed by atoms with van der Waals surface area (Å²) >= 11 is 0. The number of carbonyl (C=O) groups excluding carboxylic acids is 2. The van der Waals surface area contributed by atoms with Crippen molar-refractivity contribution in [1.82, 2.24) is 0 Å². The maximum Gasteiger partial charge on any atom is 0.305 e. The standard InChI is InChI=1S/C37H64O6/c1-12-29(38)42-25-23-27-34(7)20-17-28(43-30(39)13-2)33(5,6)26(34)16-22-35(27,8)36(9)21-15-24(31(25)36)37(10,40)19-14-18-32(3,4)41-11/h24-28,31,40H,12-23H2,1-11H3/t24-,25+,26-,27+,28-,31-,34-,35+,36+,37+/m0/s1. The molecule has 0 aromatic carbocycles. The molecule has 0 unspecified atom stereocenters. The number of methoxy groups -OCH3 is 1. The molecule has 0 bridgehead atoms. The maximum atomic E-state index is 13.0. The zero-order valence-electron chi connectivity index (χ0n) is 29.4. The SMILES string of the molecule is CCC(=O)O[C@H]1CC[C@]2(C)[C@H]3C[C@@H](OC(=O)CC)[C@@H]4[C@@H]([C@](C)(O)CCCC(C)(C)OC)CC[C@@]4(C)[C@]3(C)CC[C@H]2C1(C)C. The van der Waals surface area contributed by atoms with Gasteiger partial charge in [-0.3, -0.25) is 9.59 Å². The number of hydrogen-bond donors (Lipinski definition) is 1. The Hall–Kier alpha value is -1.14. The highest BCUT2D eigenvalue weighted by Gasteiger charge is 2.72. The molecule has 43 heavy (non-hydrogen) atoms. The molecule has 4 rings (SSSR count). The first-order valence-electron chi connectivity index (χ1n) is 17.5. The molecule has 0 amide bonds. The van der Waals surface area contributed by atoms with Gasteiger partial charge >= 0.3 is 11.9 Å². The van der Waals surface area contributed by atoms with E-state index in [4.69, 9.17) is 14.2 Å². The molecule has 0 aromatic rings. The van der Waals surface area contributed by atoms with Gasteiger partial charge < -0.3 is 19.3 Å². The molecule has 6 heteroatoms. The molecule has 4 aliphatic rings. The van der Waals surface area contributed by atoms with Gasteiger partial charge in [-0.05, 0) is 119 Å². The number of esters is 2. The zero-order chi connectivity index (χ0) is 32.2. The third-order valence-corrected chi connectivity index (χ3v) is 14.3. The minimum Gasteiger partial charge on any atom is -0.462 e. The fourth-order valence-corrected chi connectivity index (χ4v) is 11.4. The zero-order valence-corrected chi connectivity index (χ0v) is 29.4. The van der Waals surface area contributed by atoms with Crippen molar-refractivity contribution in [3.05, 3.63) is 0 Å². The quantitative estimate of drug-likeness (QED) is 0.253. The van der Waals surface area contributed by atoms with E-state index in [1.807, 2.05) is 20.8 Å². The van der Waals surface area contributed by atoms with Gasteiger partial charge in [-0.15, -0.1) is 0 Å². The molecule has 4 aliphatic carbocycles. The van der Waals surface area contributed by atoms with Crippen LogP contribution >= 0.6 is 0 Å². The average molecular weight is 605 g/mol. The molecule has 248 valence electrons. The number of ether oxygens (including phenoxy) is 3. The third-order valence-electron chi connectivity index (χ3n) is 14.3. The Labute approximate surface area is 262 Å². The Morgan fingerprint density at radius 1 is 0.814 bits per heavy atom. The Morgan fingerprint density at radius 2 is 1.42 bits per heavy atom. The Kier molecular flexibility index (Phi) is 9.61. The molecule has 0 saturated heterocycles. The summed E-state index contributed by atoms with van der Waals surface area (Å²) in [4.78, 5) is 25.3. The largest absolute Gasteiger partial charge is 0.462 e. The van der Waals surface area contributed by atoms with Gasteiger partial charge in [0.05, 0.1) is 11.2 Å². The summed E-state index contributed by atoms with van der Waals surface area (Å²) in [6.45, 7) is 22.2. The topological polar surface area (TPSA) is 82.1 Å². The fourth-order valence-electron chi connectivity index (χ4n) is 11.4. The molecule has 10 atom stereocenters. The summed E-state index contributed by atoms with van der Waals surface area (Å²) in [5.41, 5.74) is -1.08. The second-order valence-electron chi connectivity index (χ2n) is 17.1. The summed E-state index contributed by atoms with van der Waals surface area (Å²) in [6.07, 6.45) is 10.0. The molecule has 4 saturated carbocycles. The van der Waals surface area contributed by atoms with Gasteiger partial charge in [0.15, 0.2) is 0 Å². The molecule has 6 nitrogen and oxygen atoms in total. The average Bonchev–Trinajstić information content (AvgIpc) is 3.31. The van der Waals surface area contributed by atoms with E-state index in [0.29, 0.717) is 24.7 Å². The van der Waals surface area contributed by atoms with Crippen molar-refractivity contribution in [1.29, 1.82) is 0 Å². The van der Waals surface area contributed by atoms with E-state index >= 15 is 0 Å². The highest BCUT2D eigenvalue weighted by molar-refractivity contribution is 5.69. The summed E-state index contributed by atoms with van der Waals surface area (Å²) in [5, 5.41) is 12.1. The normalized spacial score (nSPS) is 41.8. The van der Waals surface area contributed by atoms with Crippen LogP contribution in [0.5, 0.6) is 0 Å². The second kappa shape index (κ2) is 11.9. The van der Waals surface area contributed by atoms with Gasteiger partial charge in [0.25, 0.3) is 0 Å². The van der Waals surface area contributed by atoms with Crippen LogP contribution in [0.2, 0.25) is 0 Å². The van der Waals surface area contributed by atoms with E-state index in [2.05, 4.69) is 48.5 Å². The van der Waals surface area contributed by atoms with E-state index in [0.717, 1.165) is 64.2 Å². The minimum atomic E-state index is -0.837. The Morgan fingerprint density at radius 3 is 2.02 bits per heavy atom. The number of carbonyl (C=O) groups is 2. The lowest BCUT2D eigenvalue weighted by molar-refractivity contribution is -0.253. The predicted octanol–water partition coefficient (Wildman–Crippen LogP) is 8.27. The van der Waals surface area contributed by atoms with Crippen LogP contribution in [-0.2, 0) is 23.8 Å². The van der Waals surface area contributed by atoms with Crippen molar-refractivity contribution in [2.24, 2.45) is 45.3 Å². The second-order valence-corrected chi connectivity index (χ2v) is 17.1. The molecule has 0 aliphatic heterocycles. The van der Waals surface area contributed by atoms with Crippen LogP contribution in [-0.4, -0.2) is 47.6 Å². The number of rotatable bonds is 10. The van der Waals surface area contributed by atoms with Gasteiger partial charge in [0, 0.05) is 31.3 Å². The van der Waals surface area contributed by atoms with Crippen molar-refractivity contribution >= 4 is 11.9 Å². The lowest BCUT2D eigenvalue weighted by Gasteiger charge is -2.70. The van der Waals surface area contributed by atoms with E-state index in [1.165, 1.54) is 0 Å². The summed E-state index contributed by atoms with van der Waals surface area (Å²) in [5.74, 6) is 0.802. The molecule has 0 aromatic heterocycles. The number of aliphatic hydroxyl groups is 1. The van der Waals surface area contributed by atoms with E-state index in [1.54, 1.807) is 7.11 Å². The van der Waals surface area contributed by atoms with Gasteiger partial charge in [0.2, 0.25) is 0 Å². The highest BCUT2D eigenvalue weighted by atomic mass is 16.5. The van der Waals surface area contributed by atoms with E-state index in [9.17, 15) is 14.7 Å². The Balaban J connectivity index is 1.68. The molecule has 1 N–H and O–H groups in total. The first-order valence-corrected chi connectivity index (χ1v) is 17.5.